The van der Waals surface area contributed by atoms with Crippen molar-refractivity contribution in [3.8, 4) is 11.5 Å². The maximum Gasteiger partial charge on any atom is 0.339 e. The predicted molar refractivity (Wildman–Crippen MR) is 98.1 cm³/mol. The van der Waals surface area contributed by atoms with E-state index in [1.54, 1.807) is 25.1 Å². The van der Waals surface area contributed by atoms with Gasteiger partial charge in [0, 0.05) is 6.07 Å². The van der Waals surface area contributed by atoms with Crippen LogP contribution in [0.3, 0.4) is 0 Å². The van der Waals surface area contributed by atoms with Gasteiger partial charge in [0.05, 0.1) is 19.8 Å². The van der Waals surface area contributed by atoms with Gasteiger partial charge in [0.2, 0.25) is 0 Å². The molecule has 1 heterocycles. The quantitative estimate of drug-likeness (QED) is 0.670. The van der Waals surface area contributed by atoms with Gasteiger partial charge in [0.1, 0.15) is 5.76 Å². The minimum absolute atomic E-state index is 0.263. The molecule has 1 aromatic carbocycles. The number of nitrogens with one attached hydrogen (secondary N) is 1. The van der Waals surface area contributed by atoms with Crippen LogP contribution in [0.4, 0.5) is 5.82 Å². The Bertz CT molecular complexity index is 786. The fraction of sp³-hybridized carbons (Fsp3) is 0.421. The van der Waals surface area contributed by atoms with Crippen LogP contribution < -0.4 is 14.8 Å². The number of amides is 1. The largest absolute Gasteiger partial charge is 0.493 e. The summed E-state index contributed by atoms with van der Waals surface area (Å²) in [5, 5.41) is 6.32. The van der Waals surface area contributed by atoms with Gasteiger partial charge < -0.3 is 24.1 Å². The lowest BCUT2D eigenvalue weighted by molar-refractivity contribution is -0.125. The highest BCUT2D eigenvalue weighted by Crippen LogP contribution is 2.28. The van der Waals surface area contributed by atoms with Gasteiger partial charge >= 0.3 is 5.97 Å². The van der Waals surface area contributed by atoms with E-state index in [1.165, 1.54) is 20.3 Å². The summed E-state index contributed by atoms with van der Waals surface area (Å²) < 4.78 is 20.7. The summed E-state index contributed by atoms with van der Waals surface area (Å²) in [6.45, 7) is 3.71. The number of rotatable bonds is 9. The number of hydrogen-bond acceptors (Lipinski definition) is 7. The number of anilines is 1. The summed E-state index contributed by atoms with van der Waals surface area (Å²) >= 11 is 0. The number of esters is 1. The van der Waals surface area contributed by atoms with E-state index in [0.29, 0.717) is 23.7 Å². The average molecular weight is 376 g/mol. The zero-order valence-corrected chi connectivity index (χ0v) is 15.9. The van der Waals surface area contributed by atoms with Crippen LogP contribution in [0.15, 0.2) is 28.8 Å². The Hall–Kier alpha value is -3.03. The third-order valence-corrected chi connectivity index (χ3v) is 3.86. The molecule has 0 aliphatic rings. The Kier molecular flexibility index (Phi) is 7.22. The van der Waals surface area contributed by atoms with Crippen molar-refractivity contribution in [1.29, 1.82) is 0 Å². The Labute approximate surface area is 157 Å². The number of carbonyl (C=O) groups excluding carboxylic acids is 2. The first kappa shape index (κ1) is 20.3. The number of unbranched alkanes of at least 4 members (excludes halogenated alkanes) is 1. The number of nitrogens with zero attached hydrogens (tertiary/aromatic N) is 1. The van der Waals surface area contributed by atoms with Crippen molar-refractivity contribution in [2.24, 2.45) is 0 Å². The lowest BCUT2D eigenvalue weighted by atomic mass is 10.1. The smallest absolute Gasteiger partial charge is 0.339 e. The summed E-state index contributed by atoms with van der Waals surface area (Å²) in [6.07, 6.45) is 1.05. The summed E-state index contributed by atoms with van der Waals surface area (Å²) in [5.41, 5.74) is 0.263. The van der Waals surface area contributed by atoms with Gasteiger partial charge in [-0.1, -0.05) is 18.5 Å². The Morgan fingerprint density at radius 2 is 1.93 bits per heavy atom. The second-order valence-electron chi connectivity index (χ2n) is 5.92. The summed E-state index contributed by atoms with van der Waals surface area (Å²) in [5.74, 6) is 0.670. The molecular formula is C19H24N2O6. The molecule has 0 bridgehead atoms. The lowest BCUT2D eigenvalue weighted by Gasteiger charge is -2.17. The highest BCUT2D eigenvalue weighted by Gasteiger charge is 2.25. The molecule has 2 aromatic rings. The van der Waals surface area contributed by atoms with E-state index in [-0.39, 0.29) is 11.4 Å². The highest BCUT2D eigenvalue weighted by molar-refractivity contribution is 5.97. The highest BCUT2D eigenvalue weighted by atomic mass is 16.5. The zero-order valence-electron chi connectivity index (χ0n) is 15.9. The molecule has 0 aliphatic carbocycles. The second-order valence-corrected chi connectivity index (χ2v) is 5.92. The van der Waals surface area contributed by atoms with Crippen LogP contribution in [-0.4, -0.2) is 37.4 Å². The van der Waals surface area contributed by atoms with Crippen LogP contribution in [0.25, 0.3) is 0 Å². The van der Waals surface area contributed by atoms with Gasteiger partial charge in [-0.2, -0.15) is 0 Å². The van der Waals surface area contributed by atoms with Crippen molar-refractivity contribution in [2.75, 3.05) is 19.5 Å². The molecule has 0 saturated heterocycles. The molecule has 146 valence electrons. The van der Waals surface area contributed by atoms with E-state index >= 15 is 0 Å². The van der Waals surface area contributed by atoms with Crippen molar-refractivity contribution in [2.45, 2.75) is 39.2 Å². The van der Waals surface area contributed by atoms with Gasteiger partial charge in [0.15, 0.2) is 23.4 Å². The molecule has 2 rings (SSSR count). The van der Waals surface area contributed by atoms with Crippen LogP contribution in [0.1, 0.15) is 42.3 Å². The molecular weight excluding hydrogens is 352 g/mol. The van der Waals surface area contributed by atoms with Crippen LogP contribution >= 0.6 is 0 Å². The molecule has 0 radical (unpaired) electrons. The standard InChI is InChI=1S/C19H24N2O6/c1-5-6-7-15(18(22)20-17-10-12(2)27-21-17)26-19(23)13-8-9-14(24-3)16(11-13)25-4/h8-11,15H,5-7H2,1-4H3,(H,20,21,22). The first-order valence-corrected chi connectivity index (χ1v) is 8.65. The van der Waals surface area contributed by atoms with Crippen molar-refractivity contribution in [3.05, 3.63) is 35.6 Å². The van der Waals surface area contributed by atoms with Gasteiger partial charge in [-0.15, -0.1) is 0 Å². The molecule has 8 nitrogen and oxygen atoms in total. The Balaban J connectivity index is 2.12. The third kappa shape index (κ3) is 5.47. The third-order valence-electron chi connectivity index (χ3n) is 3.86. The molecule has 1 N–H and O–H groups in total. The second kappa shape index (κ2) is 9.61. The maximum absolute atomic E-state index is 12.5. The molecule has 1 unspecified atom stereocenters. The number of aryl methyl sites for hydroxylation is 1. The van der Waals surface area contributed by atoms with E-state index in [4.69, 9.17) is 18.7 Å². The van der Waals surface area contributed by atoms with Crippen LogP contribution in [0.5, 0.6) is 11.5 Å². The van der Waals surface area contributed by atoms with Crippen molar-refractivity contribution in [3.63, 3.8) is 0 Å². The fourth-order valence-corrected chi connectivity index (χ4v) is 2.43. The normalized spacial score (nSPS) is 11.6. The molecule has 0 aliphatic heterocycles. The van der Waals surface area contributed by atoms with Crippen LogP contribution in [-0.2, 0) is 9.53 Å². The Morgan fingerprint density at radius 3 is 2.52 bits per heavy atom. The molecule has 27 heavy (non-hydrogen) atoms. The molecule has 1 atom stereocenters. The number of benzene rings is 1. The number of aromatic nitrogens is 1. The maximum atomic E-state index is 12.5. The zero-order chi connectivity index (χ0) is 19.8. The van der Waals surface area contributed by atoms with Gasteiger partial charge in [-0.3, -0.25) is 4.79 Å². The first-order valence-electron chi connectivity index (χ1n) is 8.65. The molecule has 1 aromatic heterocycles. The van der Waals surface area contributed by atoms with E-state index < -0.39 is 18.0 Å². The van der Waals surface area contributed by atoms with Crippen molar-refractivity contribution in [1.82, 2.24) is 5.16 Å². The lowest BCUT2D eigenvalue weighted by Crippen LogP contribution is -2.32. The summed E-state index contributed by atoms with van der Waals surface area (Å²) in [6, 6.07) is 6.26. The van der Waals surface area contributed by atoms with E-state index in [2.05, 4.69) is 10.5 Å². The minimum atomic E-state index is -0.942. The number of carbonyl (C=O) groups is 2. The Morgan fingerprint density at radius 1 is 1.19 bits per heavy atom. The fourth-order valence-electron chi connectivity index (χ4n) is 2.43. The molecule has 8 heteroatoms. The number of hydrogen-bond donors (Lipinski definition) is 1. The topological polar surface area (TPSA) is 99.9 Å². The van der Waals surface area contributed by atoms with Gasteiger partial charge in [0.25, 0.3) is 5.91 Å². The number of methoxy groups -OCH3 is 2. The molecule has 0 saturated carbocycles. The van der Waals surface area contributed by atoms with Gasteiger partial charge in [-0.05, 0) is 38.0 Å². The molecule has 0 spiro atoms. The predicted octanol–water partition coefficient (Wildman–Crippen LogP) is 3.35. The summed E-state index contributed by atoms with van der Waals surface area (Å²) in [7, 11) is 2.98. The van der Waals surface area contributed by atoms with Crippen molar-refractivity contribution >= 4 is 17.7 Å². The van der Waals surface area contributed by atoms with E-state index in [9.17, 15) is 9.59 Å². The summed E-state index contributed by atoms with van der Waals surface area (Å²) in [4.78, 5) is 25.0. The van der Waals surface area contributed by atoms with Crippen molar-refractivity contribution < 1.29 is 28.3 Å². The minimum Gasteiger partial charge on any atom is -0.493 e. The van der Waals surface area contributed by atoms with Crippen LogP contribution in [0.2, 0.25) is 0 Å². The first-order chi connectivity index (χ1) is 13.0. The molecule has 1 amide bonds. The molecule has 0 fully saturated rings. The van der Waals surface area contributed by atoms with E-state index in [0.717, 1.165) is 12.8 Å². The monoisotopic (exact) mass is 376 g/mol. The van der Waals surface area contributed by atoms with Crippen LogP contribution in [0, 0.1) is 6.92 Å². The SMILES string of the molecule is CCCCC(OC(=O)c1ccc(OC)c(OC)c1)C(=O)Nc1cc(C)on1. The number of ether oxygens (including phenoxy) is 3. The van der Waals surface area contributed by atoms with Gasteiger partial charge in [-0.25, -0.2) is 4.79 Å². The van der Waals surface area contributed by atoms with E-state index in [1.807, 2.05) is 6.92 Å². The average Bonchev–Trinajstić information content (AvgIpc) is 3.08.